The van der Waals surface area contributed by atoms with Crippen LogP contribution in [0.1, 0.15) is 0 Å². The maximum Gasteiger partial charge on any atom is 0.229 e. The minimum Gasteiger partial charge on any atom is -0.497 e. The molecule has 0 saturated heterocycles. The topological polar surface area (TPSA) is 83.1 Å². The molecular formula is C18H19FN6O. The molecule has 0 unspecified atom stereocenters. The van der Waals surface area contributed by atoms with Crippen LogP contribution in [0.4, 0.5) is 33.2 Å². The SMILES string of the molecule is CNNc1ccccc1Nc1nc(Nc2ccc(OC)cc2)ncc1F. The number of benzene rings is 2. The highest BCUT2D eigenvalue weighted by molar-refractivity contribution is 5.73. The van der Waals surface area contributed by atoms with Crippen LogP contribution in [0.3, 0.4) is 0 Å². The molecule has 8 heteroatoms. The predicted molar refractivity (Wildman–Crippen MR) is 101 cm³/mol. The van der Waals surface area contributed by atoms with Gasteiger partial charge in [0.25, 0.3) is 0 Å². The van der Waals surface area contributed by atoms with E-state index in [4.69, 9.17) is 4.74 Å². The fourth-order valence-electron chi connectivity index (χ4n) is 2.28. The molecule has 0 fully saturated rings. The molecule has 1 aromatic heterocycles. The van der Waals surface area contributed by atoms with Gasteiger partial charge in [0.1, 0.15) is 5.75 Å². The molecule has 4 N–H and O–H groups in total. The first-order chi connectivity index (χ1) is 12.7. The average molecular weight is 354 g/mol. The van der Waals surface area contributed by atoms with Gasteiger partial charge in [0.05, 0.1) is 24.7 Å². The summed E-state index contributed by atoms with van der Waals surface area (Å²) in [6.45, 7) is 0. The summed E-state index contributed by atoms with van der Waals surface area (Å²) in [6, 6.07) is 14.7. The molecule has 3 rings (SSSR count). The second-order valence-electron chi connectivity index (χ2n) is 5.29. The summed E-state index contributed by atoms with van der Waals surface area (Å²) >= 11 is 0. The third-order valence-electron chi connectivity index (χ3n) is 3.53. The number of hydrogen-bond donors (Lipinski definition) is 4. The van der Waals surface area contributed by atoms with Gasteiger partial charge in [0, 0.05) is 12.7 Å². The zero-order valence-electron chi connectivity index (χ0n) is 14.4. The Bertz CT molecular complexity index is 872. The number of nitrogens with one attached hydrogen (secondary N) is 4. The smallest absolute Gasteiger partial charge is 0.229 e. The molecule has 0 aliphatic carbocycles. The van der Waals surface area contributed by atoms with Crippen molar-refractivity contribution in [2.45, 2.75) is 0 Å². The fraction of sp³-hybridized carbons (Fsp3) is 0.111. The van der Waals surface area contributed by atoms with Gasteiger partial charge in [-0.2, -0.15) is 4.98 Å². The average Bonchev–Trinajstić information content (AvgIpc) is 2.67. The first kappa shape index (κ1) is 17.4. The number of rotatable bonds is 7. The summed E-state index contributed by atoms with van der Waals surface area (Å²) in [5.74, 6) is 0.538. The van der Waals surface area contributed by atoms with E-state index in [-0.39, 0.29) is 11.8 Å². The highest BCUT2D eigenvalue weighted by Gasteiger charge is 2.10. The summed E-state index contributed by atoms with van der Waals surface area (Å²) in [5, 5.41) is 6.02. The molecule has 3 aromatic rings. The predicted octanol–water partition coefficient (Wildman–Crippen LogP) is 3.66. The molecule has 7 nitrogen and oxygen atoms in total. The molecule has 0 bridgehead atoms. The third kappa shape index (κ3) is 4.17. The van der Waals surface area contributed by atoms with Gasteiger partial charge in [0.15, 0.2) is 11.6 Å². The minimum absolute atomic E-state index is 0.0707. The second-order valence-corrected chi connectivity index (χ2v) is 5.29. The monoisotopic (exact) mass is 354 g/mol. The van der Waals surface area contributed by atoms with E-state index < -0.39 is 5.82 Å². The van der Waals surface area contributed by atoms with Gasteiger partial charge in [-0.1, -0.05) is 12.1 Å². The van der Waals surface area contributed by atoms with E-state index >= 15 is 0 Å². The number of halogens is 1. The Kier molecular flexibility index (Phi) is 5.45. The Morgan fingerprint density at radius 2 is 1.69 bits per heavy atom. The molecule has 0 spiro atoms. The van der Waals surface area contributed by atoms with E-state index in [0.717, 1.165) is 23.3 Å². The minimum atomic E-state index is -0.551. The molecule has 0 radical (unpaired) electrons. The number of hydrogen-bond acceptors (Lipinski definition) is 7. The summed E-state index contributed by atoms with van der Waals surface area (Å²) in [6.07, 6.45) is 1.12. The van der Waals surface area contributed by atoms with Crippen molar-refractivity contribution in [3.05, 3.63) is 60.5 Å². The zero-order chi connectivity index (χ0) is 18.4. The van der Waals surface area contributed by atoms with Gasteiger partial charge in [-0.15, -0.1) is 0 Å². The van der Waals surface area contributed by atoms with E-state index in [1.807, 2.05) is 48.5 Å². The van der Waals surface area contributed by atoms with Crippen molar-refractivity contribution in [2.24, 2.45) is 0 Å². The molecule has 26 heavy (non-hydrogen) atoms. The summed E-state index contributed by atoms with van der Waals surface area (Å²) in [4.78, 5) is 8.20. The standard InChI is InChI=1S/C18H19FN6O/c1-20-25-16-6-4-3-5-15(16)23-17-14(19)11-21-18(24-17)22-12-7-9-13(26-2)10-8-12/h3-11,20,25H,1-2H3,(H2,21,22,23,24). The van der Waals surface area contributed by atoms with Crippen LogP contribution in [-0.4, -0.2) is 24.1 Å². The maximum atomic E-state index is 14.1. The number of para-hydroxylation sites is 2. The van der Waals surface area contributed by atoms with Crippen LogP contribution in [0.2, 0.25) is 0 Å². The van der Waals surface area contributed by atoms with E-state index in [1.165, 1.54) is 0 Å². The maximum absolute atomic E-state index is 14.1. The van der Waals surface area contributed by atoms with Crippen molar-refractivity contribution in [2.75, 3.05) is 30.2 Å². The van der Waals surface area contributed by atoms with E-state index in [1.54, 1.807) is 14.2 Å². The van der Waals surface area contributed by atoms with Gasteiger partial charge >= 0.3 is 0 Å². The quantitative estimate of drug-likeness (QED) is 0.482. The molecule has 1 heterocycles. The van der Waals surface area contributed by atoms with E-state index in [0.29, 0.717) is 5.69 Å². The third-order valence-corrected chi connectivity index (χ3v) is 3.53. The Balaban J connectivity index is 1.81. The Hall–Kier alpha value is -3.39. The number of methoxy groups -OCH3 is 1. The number of ether oxygens (including phenoxy) is 1. The largest absolute Gasteiger partial charge is 0.497 e. The Labute approximate surface area is 150 Å². The van der Waals surface area contributed by atoms with Crippen LogP contribution in [0, 0.1) is 5.82 Å². The number of aromatic nitrogens is 2. The van der Waals surface area contributed by atoms with Crippen LogP contribution >= 0.6 is 0 Å². The molecular weight excluding hydrogens is 335 g/mol. The van der Waals surface area contributed by atoms with Crippen molar-refractivity contribution in [1.82, 2.24) is 15.4 Å². The van der Waals surface area contributed by atoms with Crippen LogP contribution in [0.25, 0.3) is 0 Å². The first-order valence-corrected chi connectivity index (χ1v) is 7.92. The molecule has 2 aromatic carbocycles. The molecule has 0 amide bonds. The fourth-order valence-corrected chi connectivity index (χ4v) is 2.28. The van der Waals surface area contributed by atoms with Crippen molar-refractivity contribution in [3.63, 3.8) is 0 Å². The normalized spacial score (nSPS) is 10.3. The van der Waals surface area contributed by atoms with Gasteiger partial charge < -0.3 is 20.8 Å². The lowest BCUT2D eigenvalue weighted by atomic mass is 10.2. The van der Waals surface area contributed by atoms with Crippen LogP contribution in [-0.2, 0) is 0 Å². The van der Waals surface area contributed by atoms with Crippen molar-refractivity contribution < 1.29 is 9.13 Å². The first-order valence-electron chi connectivity index (χ1n) is 7.92. The van der Waals surface area contributed by atoms with Crippen molar-refractivity contribution >= 4 is 28.8 Å². The number of anilines is 5. The van der Waals surface area contributed by atoms with Gasteiger partial charge in [-0.25, -0.2) is 14.8 Å². The van der Waals surface area contributed by atoms with Gasteiger partial charge in [0.2, 0.25) is 5.95 Å². The highest BCUT2D eigenvalue weighted by Crippen LogP contribution is 2.26. The second kappa shape index (κ2) is 8.13. The molecule has 134 valence electrons. The van der Waals surface area contributed by atoms with E-state index in [2.05, 4.69) is 31.5 Å². The molecule has 0 atom stereocenters. The summed E-state index contributed by atoms with van der Waals surface area (Å²) < 4.78 is 19.3. The van der Waals surface area contributed by atoms with Crippen LogP contribution in [0.15, 0.2) is 54.7 Å². The lowest BCUT2D eigenvalue weighted by Crippen LogP contribution is -2.16. The lowest BCUT2D eigenvalue weighted by molar-refractivity contribution is 0.415. The lowest BCUT2D eigenvalue weighted by Gasteiger charge is -2.13. The Morgan fingerprint density at radius 3 is 2.38 bits per heavy atom. The van der Waals surface area contributed by atoms with Gasteiger partial charge in [-0.05, 0) is 36.4 Å². The van der Waals surface area contributed by atoms with Crippen molar-refractivity contribution in [3.8, 4) is 5.75 Å². The number of hydrazine groups is 1. The summed E-state index contributed by atoms with van der Waals surface area (Å²) in [5.41, 5.74) is 8.02. The van der Waals surface area contributed by atoms with Crippen LogP contribution in [0.5, 0.6) is 5.75 Å². The highest BCUT2D eigenvalue weighted by atomic mass is 19.1. The van der Waals surface area contributed by atoms with Crippen LogP contribution < -0.4 is 26.2 Å². The summed E-state index contributed by atoms with van der Waals surface area (Å²) in [7, 11) is 3.35. The molecule has 0 aliphatic heterocycles. The number of nitrogens with zero attached hydrogens (tertiary/aromatic N) is 2. The van der Waals surface area contributed by atoms with E-state index in [9.17, 15) is 4.39 Å². The molecule has 0 aliphatic rings. The molecule has 0 saturated carbocycles. The Morgan fingerprint density at radius 1 is 0.962 bits per heavy atom. The van der Waals surface area contributed by atoms with Gasteiger partial charge in [-0.3, -0.25) is 0 Å². The zero-order valence-corrected chi connectivity index (χ0v) is 14.4. The van der Waals surface area contributed by atoms with Crippen molar-refractivity contribution in [1.29, 1.82) is 0 Å².